The zero-order valence-electron chi connectivity index (χ0n) is 12.9. The Morgan fingerprint density at radius 2 is 1.95 bits per heavy atom. The van der Waals surface area contributed by atoms with Gasteiger partial charge in [0.1, 0.15) is 12.4 Å². The van der Waals surface area contributed by atoms with E-state index in [2.05, 4.69) is 17.6 Å². The van der Waals surface area contributed by atoms with E-state index in [1.165, 1.54) is 0 Å². The molecule has 4 nitrogen and oxygen atoms in total. The van der Waals surface area contributed by atoms with Gasteiger partial charge in [-0.25, -0.2) is 0 Å². The Balaban J connectivity index is 2.23. The Kier molecular flexibility index (Phi) is 6.52. The maximum Gasteiger partial charge on any atom is 0.237 e. The monoisotopic (exact) mass is 278 g/mol. The summed E-state index contributed by atoms with van der Waals surface area (Å²) in [4.78, 5) is 12.0. The molecule has 0 heterocycles. The minimum Gasteiger partial charge on any atom is -0.492 e. The first-order chi connectivity index (χ1) is 9.44. The Morgan fingerprint density at radius 3 is 2.55 bits per heavy atom. The molecule has 1 amide bonds. The summed E-state index contributed by atoms with van der Waals surface area (Å²) >= 11 is 0. The van der Waals surface area contributed by atoms with Gasteiger partial charge >= 0.3 is 0 Å². The van der Waals surface area contributed by atoms with Gasteiger partial charge in [0.15, 0.2) is 0 Å². The van der Waals surface area contributed by atoms with E-state index in [1.807, 2.05) is 51.1 Å². The molecular weight excluding hydrogens is 252 g/mol. The smallest absolute Gasteiger partial charge is 0.237 e. The molecule has 1 unspecified atom stereocenters. The van der Waals surface area contributed by atoms with Crippen LogP contribution in [-0.4, -0.2) is 30.6 Å². The molecule has 0 fully saturated rings. The zero-order chi connectivity index (χ0) is 15.0. The molecule has 1 aromatic carbocycles. The number of rotatable bonds is 8. The lowest BCUT2D eigenvalue weighted by atomic mass is 10.0. The van der Waals surface area contributed by atoms with Crippen LogP contribution in [-0.2, 0) is 4.79 Å². The molecule has 0 radical (unpaired) electrons. The summed E-state index contributed by atoms with van der Waals surface area (Å²) < 4.78 is 5.56. The molecule has 1 rings (SSSR count). The fraction of sp³-hybridized carbons (Fsp3) is 0.562. The minimum absolute atomic E-state index is 0.0246. The largest absolute Gasteiger partial charge is 0.492 e. The second-order valence-corrected chi connectivity index (χ2v) is 5.56. The summed E-state index contributed by atoms with van der Waals surface area (Å²) in [6.45, 7) is 9.15. The van der Waals surface area contributed by atoms with Crippen LogP contribution < -0.4 is 15.4 Å². The van der Waals surface area contributed by atoms with Crippen LogP contribution in [0.25, 0.3) is 0 Å². The number of para-hydroxylation sites is 1. The van der Waals surface area contributed by atoms with Crippen LogP contribution in [0.2, 0.25) is 0 Å². The highest BCUT2D eigenvalue weighted by molar-refractivity contribution is 5.81. The maximum absolute atomic E-state index is 12.0. The Hall–Kier alpha value is -1.55. The Bertz CT molecular complexity index is 404. The van der Waals surface area contributed by atoms with Gasteiger partial charge in [-0.1, -0.05) is 25.1 Å². The van der Waals surface area contributed by atoms with Crippen molar-refractivity contribution >= 4 is 5.91 Å². The summed E-state index contributed by atoms with van der Waals surface area (Å²) in [5, 5.41) is 6.18. The van der Waals surface area contributed by atoms with E-state index in [4.69, 9.17) is 4.74 Å². The average Bonchev–Trinajstić information content (AvgIpc) is 2.44. The third-order valence-corrected chi connectivity index (χ3v) is 3.30. The van der Waals surface area contributed by atoms with E-state index in [0.29, 0.717) is 13.2 Å². The maximum atomic E-state index is 12.0. The van der Waals surface area contributed by atoms with Crippen molar-refractivity contribution in [3.63, 3.8) is 0 Å². The van der Waals surface area contributed by atoms with Gasteiger partial charge in [0.05, 0.1) is 6.04 Å². The average molecular weight is 278 g/mol. The quantitative estimate of drug-likeness (QED) is 0.718. The lowest BCUT2D eigenvalue weighted by molar-refractivity contribution is -0.124. The molecule has 1 aromatic rings. The predicted octanol–water partition coefficient (Wildman–Crippen LogP) is 2.35. The zero-order valence-corrected chi connectivity index (χ0v) is 12.9. The number of ether oxygens (including phenoxy) is 1. The summed E-state index contributed by atoms with van der Waals surface area (Å²) in [6, 6.07) is 9.43. The minimum atomic E-state index is -0.222. The third-order valence-electron chi connectivity index (χ3n) is 3.30. The first-order valence-electron chi connectivity index (χ1n) is 7.18. The van der Waals surface area contributed by atoms with Crippen molar-refractivity contribution in [3.8, 4) is 5.75 Å². The second-order valence-electron chi connectivity index (χ2n) is 5.56. The molecule has 1 atom stereocenters. The van der Waals surface area contributed by atoms with Gasteiger partial charge in [-0.05, 0) is 39.3 Å². The van der Waals surface area contributed by atoms with Gasteiger partial charge in [-0.2, -0.15) is 0 Å². The molecule has 0 saturated carbocycles. The number of hydrogen-bond donors (Lipinski definition) is 2. The van der Waals surface area contributed by atoms with Gasteiger partial charge in [-0.3, -0.25) is 4.79 Å². The molecule has 0 aliphatic rings. The van der Waals surface area contributed by atoms with Crippen LogP contribution in [0.1, 0.15) is 34.1 Å². The van der Waals surface area contributed by atoms with Crippen molar-refractivity contribution < 1.29 is 9.53 Å². The van der Waals surface area contributed by atoms with Crippen molar-refractivity contribution in [1.82, 2.24) is 10.6 Å². The van der Waals surface area contributed by atoms with Crippen LogP contribution in [0.4, 0.5) is 0 Å². The van der Waals surface area contributed by atoms with E-state index >= 15 is 0 Å². The first kappa shape index (κ1) is 16.5. The van der Waals surface area contributed by atoms with Crippen molar-refractivity contribution in [2.24, 2.45) is 0 Å². The number of carbonyl (C=O) groups is 1. The summed E-state index contributed by atoms with van der Waals surface area (Å²) in [5.74, 6) is 0.870. The third kappa shape index (κ3) is 6.06. The fourth-order valence-corrected chi connectivity index (χ4v) is 1.58. The van der Waals surface area contributed by atoms with E-state index in [-0.39, 0.29) is 17.5 Å². The lowest BCUT2D eigenvalue weighted by Crippen LogP contribution is -2.51. The molecule has 0 aliphatic heterocycles. The number of benzene rings is 1. The molecule has 112 valence electrons. The topological polar surface area (TPSA) is 50.4 Å². The lowest BCUT2D eigenvalue weighted by Gasteiger charge is -2.26. The van der Waals surface area contributed by atoms with Gasteiger partial charge in [-0.15, -0.1) is 0 Å². The normalized spacial score (nSPS) is 12.8. The molecular formula is C16H26N2O2. The molecule has 0 aromatic heterocycles. The standard InChI is InChI=1S/C16H26N2O2/c1-5-16(3,4)18-15(19)13(2)17-11-12-20-14-9-7-6-8-10-14/h6-10,13,17H,5,11-12H2,1-4H3,(H,18,19). The predicted molar refractivity (Wildman–Crippen MR) is 81.9 cm³/mol. The van der Waals surface area contributed by atoms with Crippen LogP contribution in [0.15, 0.2) is 30.3 Å². The molecule has 0 spiro atoms. The van der Waals surface area contributed by atoms with Crippen molar-refractivity contribution in [2.45, 2.75) is 45.7 Å². The number of hydrogen-bond acceptors (Lipinski definition) is 3. The number of amides is 1. The van der Waals surface area contributed by atoms with E-state index in [9.17, 15) is 4.79 Å². The first-order valence-corrected chi connectivity index (χ1v) is 7.18. The van der Waals surface area contributed by atoms with Crippen LogP contribution in [0.5, 0.6) is 5.75 Å². The van der Waals surface area contributed by atoms with E-state index < -0.39 is 0 Å². The van der Waals surface area contributed by atoms with E-state index in [0.717, 1.165) is 12.2 Å². The van der Waals surface area contributed by atoms with E-state index in [1.54, 1.807) is 0 Å². The van der Waals surface area contributed by atoms with Crippen molar-refractivity contribution in [2.75, 3.05) is 13.2 Å². The molecule has 20 heavy (non-hydrogen) atoms. The number of nitrogens with one attached hydrogen (secondary N) is 2. The highest BCUT2D eigenvalue weighted by Crippen LogP contribution is 2.08. The summed E-state index contributed by atoms with van der Waals surface area (Å²) in [6.07, 6.45) is 0.905. The molecule has 4 heteroatoms. The highest BCUT2D eigenvalue weighted by atomic mass is 16.5. The molecule has 0 saturated heterocycles. The Labute approximate surface area is 121 Å². The SMILES string of the molecule is CCC(C)(C)NC(=O)C(C)NCCOc1ccccc1. The van der Waals surface area contributed by atoms with Crippen LogP contribution >= 0.6 is 0 Å². The summed E-state index contributed by atoms with van der Waals surface area (Å²) in [5.41, 5.74) is -0.159. The molecule has 0 aliphatic carbocycles. The van der Waals surface area contributed by atoms with Gasteiger partial charge < -0.3 is 15.4 Å². The summed E-state index contributed by atoms with van der Waals surface area (Å²) in [7, 11) is 0. The molecule has 0 bridgehead atoms. The fourth-order valence-electron chi connectivity index (χ4n) is 1.58. The van der Waals surface area contributed by atoms with Gasteiger partial charge in [0.2, 0.25) is 5.91 Å². The number of carbonyl (C=O) groups excluding carboxylic acids is 1. The molecule has 2 N–H and O–H groups in total. The Morgan fingerprint density at radius 1 is 1.30 bits per heavy atom. The van der Waals surface area contributed by atoms with Gasteiger partial charge in [0.25, 0.3) is 0 Å². The van der Waals surface area contributed by atoms with Crippen LogP contribution in [0.3, 0.4) is 0 Å². The second kappa shape index (κ2) is 7.90. The van der Waals surface area contributed by atoms with Crippen molar-refractivity contribution in [1.29, 1.82) is 0 Å². The highest BCUT2D eigenvalue weighted by Gasteiger charge is 2.21. The van der Waals surface area contributed by atoms with Crippen molar-refractivity contribution in [3.05, 3.63) is 30.3 Å². The van der Waals surface area contributed by atoms with Crippen LogP contribution in [0, 0.1) is 0 Å². The van der Waals surface area contributed by atoms with Gasteiger partial charge in [0, 0.05) is 12.1 Å².